The third-order valence-electron chi connectivity index (χ3n) is 4.51. The smallest absolute Gasteiger partial charge is 0.261 e. The molecule has 0 aliphatic carbocycles. The van der Waals surface area contributed by atoms with Gasteiger partial charge in [0.2, 0.25) is 0 Å². The van der Waals surface area contributed by atoms with Gasteiger partial charge in [0.1, 0.15) is 0 Å². The third kappa shape index (κ3) is 2.97. The highest BCUT2D eigenvalue weighted by Crippen LogP contribution is 2.35. The minimum Gasteiger partial charge on any atom is -0.372 e. The van der Waals surface area contributed by atoms with E-state index < -0.39 is 0 Å². The Morgan fingerprint density at radius 3 is 2.52 bits per heavy atom. The van der Waals surface area contributed by atoms with Crippen LogP contribution in [0.3, 0.4) is 0 Å². The number of imide groups is 1. The molecular formula is C18H22N4O3. The summed E-state index contributed by atoms with van der Waals surface area (Å²) in [5.41, 5.74) is 7.55. The fourth-order valence-corrected chi connectivity index (χ4v) is 3.23. The first kappa shape index (κ1) is 17.3. The lowest BCUT2D eigenvalue weighted by Gasteiger charge is -2.29. The van der Waals surface area contributed by atoms with Crippen LogP contribution >= 0.6 is 0 Å². The maximum Gasteiger partial charge on any atom is 0.261 e. The highest BCUT2D eigenvalue weighted by atomic mass is 16.6. The van der Waals surface area contributed by atoms with Gasteiger partial charge in [0.05, 0.1) is 6.61 Å². The lowest BCUT2D eigenvalue weighted by molar-refractivity contribution is 0.0610. The van der Waals surface area contributed by atoms with Gasteiger partial charge in [-0.25, -0.2) is 5.90 Å². The number of rotatable bonds is 7. The predicted octanol–water partition coefficient (Wildman–Crippen LogP) is 1.11. The lowest BCUT2D eigenvalue weighted by atomic mass is 9.92. The highest BCUT2D eigenvalue weighted by molar-refractivity contribution is 6.26. The number of hydrogen-bond acceptors (Lipinski definition) is 6. The summed E-state index contributed by atoms with van der Waals surface area (Å²) in [6.45, 7) is 1.74. The Hall–Kier alpha value is -2.48. The largest absolute Gasteiger partial charge is 0.372 e. The van der Waals surface area contributed by atoms with Crippen molar-refractivity contribution in [2.45, 2.75) is 6.42 Å². The van der Waals surface area contributed by atoms with Crippen LogP contribution in [0.15, 0.2) is 30.3 Å². The monoisotopic (exact) mass is 342 g/mol. The van der Waals surface area contributed by atoms with Gasteiger partial charge in [-0.2, -0.15) is 0 Å². The van der Waals surface area contributed by atoms with E-state index in [2.05, 4.69) is 4.84 Å². The van der Waals surface area contributed by atoms with Crippen LogP contribution in [0, 0.1) is 0 Å². The van der Waals surface area contributed by atoms with Gasteiger partial charge in [-0.15, -0.1) is 0 Å². The predicted molar refractivity (Wildman–Crippen MR) is 96.4 cm³/mol. The number of amides is 2. The Bertz CT molecular complexity index is 799. The fraction of sp³-hybridized carbons (Fsp3) is 0.333. The number of nitrogens with two attached hydrogens (primary N) is 2. The molecule has 3 rings (SSSR count). The quantitative estimate of drug-likeness (QED) is 0.577. The maximum absolute atomic E-state index is 12.8. The van der Waals surface area contributed by atoms with E-state index in [0.29, 0.717) is 49.2 Å². The molecule has 0 saturated carbocycles. The summed E-state index contributed by atoms with van der Waals surface area (Å²) in [5.74, 6) is 4.58. The zero-order chi connectivity index (χ0) is 18.0. The van der Waals surface area contributed by atoms with Crippen LogP contribution in [0.25, 0.3) is 10.8 Å². The second-order valence-electron chi connectivity index (χ2n) is 6.06. The standard InChI is InChI=1S/C18H22N4O3/c1-21(10-11-25-20)15-7-6-14-16-12(15)4-2-5-13(16)17(23)22(18(14)24)9-3-8-19/h2,4-7H,3,8-11,19-20H2,1H3. The molecule has 0 radical (unpaired) electrons. The molecule has 0 aromatic heterocycles. The molecule has 2 amide bonds. The Labute approximate surface area is 146 Å². The van der Waals surface area contributed by atoms with Crippen molar-refractivity contribution >= 4 is 28.3 Å². The number of likely N-dealkylation sites (N-methyl/N-ethyl adjacent to an activating group) is 1. The highest BCUT2D eigenvalue weighted by Gasteiger charge is 2.33. The number of carbonyl (C=O) groups is 2. The molecule has 2 aromatic rings. The lowest BCUT2D eigenvalue weighted by Crippen LogP contribution is -2.41. The number of nitrogens with zero attached hydrogens (tertiary/aromatic N) is 2. The topological polar surface area (TPSA) is 102 Å². The molecule has 0 atom stereocenters. The van der Waals surface area contributed by atoms with Gasteiger partial charge in [0.15, 0.2) is 0 Å². The van der Waals surface area contributed by atoms with Gasteiger partial charge in [-0.3, -0.25) is 14.5 Å². The Morgan fingerprint density at radius 2 is 1.84 bits per heavy atom. The van der Waals surface area contributed by atoms with E-state index >= 15 is 0 Å². The van der Waals surface area contributed by atoms with Gasteiger partial charge < -0.3 is 15.5 Å². The van der Waals surface area contributed by atoms with E-state index in [1.807, 2.05) is 30.1 Å². The van der Waals surface area contributed by atoms with E-state index in [1.165, 1.54) is 4.90 Å². The number of carbonyl (C=O) groups excluding carboxylic acids is 2. The Kier molecular flexibility index (Phi) is 4.98. The van der Waals surface area contributed by atoms with Crippen LogP contribution < -0.4 is 16.5 Å². The van der Waals surface area contributed by atoms with Crippen molar-refractivity contribution in [2.24, 2.45) is 11.6 Å². The molecule has 4 N–H and O–H groups in total. The van der Waals surface area contributed by atoms with Crippen LogP contribution in [0.4, 0.5) is 5.69 Å². The van der Waals surface area contributed by atoms with E-state index in [0.717, 1.165) is 11.1 Å². The van der Waals surface area contributed by atoms with Crippen molar-refractivity contribution < 1.29 is 14.4 Å². The zero-order valence-corrected chi connectivity index (χ0v) is 14.2. The van der Waals surface area contributed by atoms with E-state index in [9.17, 15) is 9.59 Å². The van der Waals surface area contributed by atoms with E-state index in [4.69, 9.17) is 11.6 Å². The van der Waals surface area contributed by atoms with Crippen LogP contribution in [0.5, 0.6) is 0 Å². The van der Waals surface area contributed by atoms with E-state index in [1.54, 1.807) is 12.1 Å². The van der Waals surface area contributed by atoms with Crippen molar-refractivity contribution in [3.05, 3.63) is 41.5 Å². The summed E-state index contributed by atoms with van der Waals surface area (Å²) in [6, 6.07) is 9.21. The average molecular weight is 342 g/mol. The van der Waals surface area contributed by atoms with Gasteiger partial charge in [-0.05, 0) is 31.2 Å². The van der Waals surface area contributed by atoms with Gasteiger partial charge in [0.25, 0.3) is 11.8 Å². The first-order valence-electron chi connectivity index (χ1n) is 8.25. The summed E-state index contributed by atoms with van der Waals surface area (Å²) in [6.07, 6.45) is 0.586. The molecule has 25 heavy (non-hydrogen) atoms. The van der Waals surface area contributed by atoms with Crippen molar-refractivity contribution in [3.63, 3.8) is 0 Å². The normalized spacial score (nSPS) is 13.6. The number of anilines is 1. The maximum atomic E-state index is 12.8. The molecule has 0 unspecified atom stereocenters. The van der Waals surface area contributed by atoms with Crippen LogP contribution in [0.2, 0.25) is 0 Å². The summed E-state index contributed by atoms with van der Waals surface area (Å²) < 4.78 is 0. The summed E-state index contributed by atoms with van der Waals surface area (Å²) in [5, 5.41) is 1.58. The van der Waals surface area contributed by atoms with Crippen molar-refractivity contribution in [2.75, 3.05) is 38.2 Å². The summed E-state index contributed by atoms with van der Waals surface area (Å²) in [4.78, 5) is 33.5. The SMILES string of the molecule is CN(CCON)c1ccc2c3c(cccc13)C(=O)N(CCCN)C2=O. The summed E-state index contributed by atoms with van der Waals surface area (Å²) in [7, 11) is 1.92. The molecule has 1 heterocycles. The molecule has 2 aromatic carbocycles. The molecule has 132 valence electrons. The summed E-state index contributed by atoms with van der Waals surface area (Å²) >= 11 is 0. The first-order valence-corrected chi connectivity index (χ1v) is 8.25. The van der Waals surface area contributed by atoms with Crippen molar-refractivity contribution in [1.82, 2.24) is 4.90 Å². The second kappa shape index (κ2) is 7.18. The van der Waals surface area contributed by atoms with Crippen LogP contribution in [-0.2, 0) is 4.84 Å². The minimum atomic E-state index is -0.262. The molecular weight excluding hydrogens is 320 g/mol. The zero-order valence-electron chi connectivity index (χ0n) is 14.2. The van der Waals surface area contributed by atoms with Gasteiger partial charge in [-0.1, -0.05) is 12.1 Å². The Balaban J connectivity index is 2.11. The van der Waals surface area contributed by atoms with Crippen LogP contribution in [0.1, 0.15) is 27.1 Å². The molecule has 0 spiro atoms. The van der Waals surface area contributed by atoms with Crippen molar-refractivity contribution in [1.29, 1.82) is 0 Å². The molecule has 7 nitrogen and oxygen atoms in total. The number of hydrogen-bond donors (Lipinski definition) is 2. The van der Waals surface area contributed by atoms with Crippen LogP contribution in [-0.4, -0.2) is 50.0 Å². The van der Waals surface area contributed by atoms with Gasteiger partial charge in [0, 0.05) is 47.7 Å². The fourth-order valence-electron chi connectivity index (χ4n) is 3.23. The minimum absolute atomic E-state index is 0.262. The second-order valence-corrected chi connectivity index (χ2v) is 6.06. The molecule has 0 bridgehead atoms. The third-order valence-corrected chi connectivity index (χ3v) is 4.51. The molecule has 1 aliphatic rings. The molecule has 7 heteroatoms. The van der Waals surface area contributed by atoms with Gasteiger partial charge >= 0.3 is 0 Å². The molecule has 0 saturated heterocycles. The number of benzene rings is 2. The average Bonchev–Trinajstić information content (AvgIpc) is 2.63. The first-order chi connectivity index (χ1) is 12.1. The molecule has 0 fully saturated rings. The van der Waals surface area contributed by atoms with Crippen molar-refractivity contribution in [3.8, 4) is 0 Å². The Morgan fingerprint density at radius 1 is 1.12 bits per heavy atom. The molecule has 1 aliphatic heterocycles. The van der Waals surface area contributed by atoms with E-state index in [-0.39, 0.29) is 11.8 Å².